The largest absolute Gasteiger partial charge is 0.463 e. The van der Waals surface area contributed by atoms with Gasteiger partial charge < -0.3 is 9.47 Å². The Hall–Kier alpha value is -2.29. The van der Waals surface area contributed by atoms with Gasteiger partial charge in [0.15, 0.2) is 0 Å². The molecule has 0 saturated carbocycles. The third-order valence-corrected chi connectivity index (χ3v) is 2.99. The van der Waals surface area contributed by atoms with Gasteiger partial charge >= 0.3 is 5.97 Å². The fourth-order valence-corrected chi connectivity index (χ4v) is 2.01. The van der Waals surface area contributed by atoms with Crippen molar-refractivity contribution in [1.82, 2.24) is 0 Å². The van der Waals surface area contributed by atoms with Crippen LogP contribution in [0.1, 0.15) is 25.0 Å². The Kier molecular flexibility index (Phi) is 4.99. The smallest absolute Gasteiger partial charge is 0.310 e. The van der Waals surface area contributed by atoms with Crippen molar-refractivity contribution in [1.29, 1.82) is 0 Å². The number of benzene rings is 2. The van der Waals surface area contributed by atoms with E-state index in [0.29, 0.717) is 0 Å². The normalized spacial score (nSPS) is 10.5. The van der Waals surface area contributed by atoms with Gasteiger partial charge in [-0.2, -0.15) is 0 Å². The van der Waals surface area contributed by atoms with Gasteiger partial charge in [-0.25, -0.2) is 0 Å². The van der Waals surface area contributed by atoms with Gasteiger partial charge in [-0.05, 0) is 56.2 Å². The van der Waals surface area contributed by atoms with Gasteiger partial charge in [0, 0.05) is 0 Å². The lowest BCUT2D eigenvalue weighted by Gasteiger charge is -2.11. The average molecular weight is 284 g/mol. The molecule has 0 aliphatic rings. The van der Waals surface area contributed by atoms with Crippen molar-refractivity contribution in [3.05, 3.63) is 59.7 Å². The number of para-hydroxylation sites is 1. The molecule has 0 amide bonds. The Morgan fingerprint density at radius 1 is 1.05 bits per heavy atom. The quantitative estimate of drug-likeness (QED) is 0.769. The summed E-state index contributed by atoms with van der Waals surface area (Å²) in [6.07, 6.45) is 0.203. The Balaban J connectivity index is 2.05. The molecule has 0 radical (unpaired) electrons. The molecule has 3 nitrogen and oxygen atoms in total. The van der Waals surface area contributed by atoms with Gasteiger partial charge in [0.1, 0.15) is 11.5 Å². The fraction of sp³-hybridized carbons (Fsp3) is 0.278. The van der Waals surface area contributed by atoms with Crippen molar-refractivity contribution in [2.45, 2.75) is 33.3 Å². The molecule has 110 valence electrons. The maximum atomic E-state index is 11.7. The van der Waals surface area contributed by atoms with E-state index in [-0.39, 0.29) is 18.5 Å². The molecule has 2 aromatic rings. The van der Waals surface area contributed by atoms with Crippen molar-refractivity contribution in [2.75, 3.05) is 0 Å². The predicted molar refractivity (Wildman–Crippen MR) is 82.6 cm³/mol. The lowest BCUT2D eigenvalue weighted by atomic mass is 10.1. The molecule has 0 aromatic heterocycles. The van der Waals surface area contributed by atoms with Crippen molar-refractivity contribution in [3.63, 3.8) is 0 Å². The van der Waals surface area contributed by atoms with Crippen LogP contribution in [0.15, 0.2) is 48.5 Å². The van der Waals surface area contributed by atoms with E-state index in [0.717, 1.165) is 22.6 Å². The zero-order valence-corrected chi connectivity index (χ0v) is 12.6. The van der Waals surface area contributed by atoms with Crippen LogP contribution < -0.4 is 4.74 Å². The second kappa shape index (κ2) is 6.93. The summed E-state index contributed by atoms with van der Waals surface area (Å²) in [5, 5.41) is 0. The van der Waals surface area contributed by atoms with Crippen LogP contribution >= 0.6 is 0 Å². The van der Waals surface area contributed by atoms with Crippen molar-refractivity contribution >= 4 is 5.97 Å². The van der Waals surface area contributed by atoms with Crippen molar-refractivity contribution in [3.8, 4) is 11.5 Å². The van der Waals surface area contributed by atoms with Gasteiger partial charge in [0.25, 0.3) is 0 Å². The molecule has 0 saturated heterocycles. The Morgan fingerprint density at radius 3 is 2.38 bits per heavy atom. The molecule has 0 aliphatic heterocycles. The lowest BCUT2D eigenvalue weighted by Crippen LogP contribution is -2.14. The molecule has 2 aromatic carbocycles. The molecule has 0 spiro atoms. The van der Waals surface area contributed by atoms with E-state index < -0.39 is 0 Å². The van der Waals surface area contributed by atoms with Gasteiger partial charge in [0.2, 0.25) is 0 Å². The molecular weight excluding hydrogens is 264 g/mol. The number of hydrogen-bond acceptors (Lipinski definition) is 3. The van der Waals surface area contributed by atoms with Gasteiger partial charge in [-0.15, -0.1) is 0 Å². The molecule has 0 bridgehead atoms. The molecule has 2 rings (SSSR count). The summed E-state index contributed by atoms with van der Waals surface area (Å²) < 4.78 is 10.9. The highest BCUT2D eigenvalue weighted by molar-refractivity contribution is 5.73. The number of hydrogen-bond donors (Lipinski definition) is 0. The van der Waals surface area contributed by atoms with Crippen LogP contribution in [-0.4, -0.2) is 12.1 Å². The van der Waals surface area contributed by atoms with Crippen LogP contribution in [-0.2, 0) is 16.0 Å². The van der Waals surface area contributed by atoms with Gasteiger partial charge in [-0.3, -0.25) is 4.79 Å². The molecule has 3 heteroatoms. The molecule has 0 N–H and O–H groups in total. The molecule has 0 aliphatic carbocycles. The second-order valence-electron chi connectivity index (χ2n) is 5.22. The first-order valence-corrected chi connectivity index (χ1v) is 7.06. The molecule has 0 fully saturated rings. The number of ether oxygens (including phenoxy) is 2. The molecular formula is C18H20O3. The van der Waals surface area contributed by atoms with E-state index in [1.807, 2.05) is 69.3 Å². The summed E-state index contributed by atoms with van der Waals surface area (Å²) in [6.45, 7) is 5.67. The topological polar surface area (TPSA) is 35.5 Å². The predicted octanol–water partition coefficient (Wildman–Crippen LogP) is 4.28. The van der Waals surface area contributed by atoms with Crippen LogP contribution in [0.2, 0.25) is 0 Å². The van der Waals surface area contributed by atoms with E-state index in [1.165, 1.54) is 0 Å². The average Bonchev–Trinajstić information content (AvgIpc) is 2.42. The van der Waals surface area contributed by atoms with Gasteiger partial charge in [-0.1, -0.05) is 24.3 Å². The SMILES string of the molecule is Cc1cc(Oc2ccccc2)ccc1CC(=O)OC(C)C. The number of rotatable bonds is 5. The Morgan fingerprint density at radius 2 is 1.76 bits per heavy atom. The molecule has 0 heterocycles. The molecule has 0 unspecified atom stereocenters. The monoisotopic (exact) mass is 284 g/mol. The summed E-state index contributed by atoms with van der Waals surface area (Å²) in [4.78, 5) is 11.7. The first-order chi connectivity index (χ1) is 10.0. The highest BCUT2D eigenvalue weighted by Gasteiger charge is 2.10. The van der Waals surface area contributed by atoms with E-state index >= 15 is 0 Å². The van der Waals surface area contributed by atoms with Crippen molar-refractivity contribution in [2.24, 2.45) is 0 Å². The standard InChI is InChI=1S/C18H20O3/c1-13(2)20-18(19)12-15-9-10-17(11-14(15)3)21-16-7-5-4-6-8-16/h4-11,13H,12H2,1-3H3. The zero-order valence-electron chi connectivity index (χ0n) is 12.6. The fourth-order valence-electron chi connectivity index (χ4n) is 2.01. The summed E-state index contributed by atoms with van der Waals surface area (Å²) >= 11 is 0. The number of aryl methyl sites for hydroxylation is 1. The maximum Gasteiger partial charge on any atom is 0.310 e. The Bertz CT molecular complexity index is 603. The number of carbonyl (C=O) groups excluding carboxylic acids is 1. The Labute approximate surface area is 125 Å². The minimum absolute atomic E-state index is 0.0847. The van der Waals surface area contributed by atoms with E-state index in [2.05, 4.69) is 0 Å². The number of esters is 1. The lowest BCUT2D eigenvalue weighted by molar-refractivity contribution is -0.146. The molecule has 21 heavy (non-hydrogen) atoms. The first-order valence-electron chi connectivity index (χ1n) is 7.06. The van der Waals surface area contributed by atoms with Crippen LogP contribution in [0.4, 0.5) is 0 Å². The molecule has 0 atom stereocenters. The van der Waals surface area contributed by atoms with Gasteiger partial charge in [0.05, 0.1) is 12.5 Å². The summed E-state index contributed by atoms with van der Waals surface area (Å²) in [6, 6.07) is 15.3. The minimum Gasteiger partial charge on any atom is -0.463 e. The van der Waals surface area contributed by atoms with Crippen LogP contribution in [0, 0.1) is 6.92 Å². The van der Waals surface area contributed by atoms with Crippen LogP contribution in [0.3, 0.4) is 0 Å². The highest BCUT2D eigenvalue weighted by atomic mass is 16.5. The summed E-state index contributed by atoms with van der Waals surface area (Å²) in [5.74, 6) is 1.35. The minimum atomic E-state index is -0.204. The third kappa shape index (κ3) is 4.63. The second-order valence-corrected chi connectivity index (χ2v) is 5.22. The first kappa shape index (κ1) is 15.1. The third-order valence-electron chi connectivity index (χ3n) is 2.99. The summed E-state index contributed by atoms with van der Waals surface area (Å²) in [7, 11) is 0. The zero-order chi connectivity index (χ0) is 15.2. The van der Waals surface area contributed by atoms with E-state index in [4.69, 9.17) is 9.47 Å². The van der Waals surface area contributed by atoms with Crippen molar-refractivity contribution < 1.29 is 14.3 Å². The van der Waals surface area contributed by atoms with E-state index in [1.54, 1.807) is 0 Å². The van der Waals surface area contributed by atoms with Crippen LogP contribution in [0.25, 0.3) is 0 Å². The highest BCUT2D eigenvalue weighted by Crippen LogP contribution is 2.24. The summed E-state index contributed by atoms with van der Waals surface area (Å²) in [5.41, 5.74) is 1.98. The number of carbonyl (C=O) groups is 1. The van der Waals surface area contributed by atoms with E-state index in [9.17, 15) is 4.79 Å². The maximum absolute atomic E-state index is 11.7. The van der Waals surface area contributed by atoms with Crippen LogP contribution in [0.5, 0.6) is 11.5 Å².